The molecule has 3 atom stereocenters. The van der Waals surface area contributed by atoms with Crippen LogP contribution in [-0.4, -0.2) is 23.2 Å². The molecular formula is C16H22ClNO2. The average Bonchev–Trinajstić information content (AvgIpc) is 2.45. The van der Waals surface area contributed by atoms with Gasteiger partial charge in [0.15, 0.2) is 0 Å². The molecule has 2 rings (SSSR count). The molecule has 0 spiro atoms. The van der Waals surface area contributed by atoms with Crippen molar-refractivity contribution in [2.45, 2.75) is 43.6 Å². The molecule has 0 saturated heterocycles. The maximum Gasteiger partial charge on any atom is 0.242 e. The normalized spacial score (nSPS) is 27.9. The van der Waals surface area contributed by atoms with Gasteiger partial charge in [-0.2, -0.15) is 0 Å². The van der Waals surface area contributed by atoms with Crippen LogP contribution >= 0.6 is 11.6 Å². The Labute approximate surface area is 125 Å². The van der Waals surface area contributed by atoms with Gasteiger partial charge >= 0.3 is 0 Å². The Morgan fingerprint density at radius 1 is 1.50 bits per heavy atom. The van der Waals surface area contributed by atoms with Gasteiger partial charge in [-0.05, 0) is 24.3 Å². The van der Waals surface area contributed by atoms with Gasteiger partial charge in [0.2, 0.25) is 5.91 Å². The molecule has 4 heteroatoms. The van der Waals surface area contributed by atoms with E-state index >= 15 is 0 Å². The highest BCUT2D eigenvalue weighted by Gasteiger charge is 2.33. The van der Waals surface area contributed by atoms with E-state index in [1.807, 2.05) is 30.3 Å². The van der Waals surface area contributed by atoms with E-state index < -0.39 is 11.0 Å². The topological polar surface area (TPSA) is 49.3 Å². The molecular weight excluding hydrogens is 274 g/mol. The van der Waals surface area contributed by atoms with Crippen molar-refractivity contribution in [1.82, 2.24) is 5.32 Å². The summed E-state index contributed by atoms with van der Waals surface area (Å²) >= 11 is 6.15. The third kappa shape index (κ3) is 3.97. The van der Waals surface area contributed by atoms with Gasteiger partial charge in [0.1, 0.15) is 5.38 Å². The summed E-state index contributed by atoms with van der Waals surface area (Å²) in [5.74, 6) is 0.260. The molecule has 2 N–H and O–H groups in total. The summed E-state index contributed by atoms with van der Waals surface area (Å²) in [6.45, 7) is 2.42. The molecule has 1 aliphatic carbocycles. The highest BCUT2D eigenvalue weighted by molar-refractivity contribution is 6.30. The first-order valence-electron chi connectivity index (χ1n) is 7.19. The molecule has 110 valence electrons. The lowest BCUT2D eigenvalue weighted by Gasteiger charge is -2.35. The molecule has 1 saturated carbocycles. The maximum atomic E-state index is 12.1. The lowest BCUT2D eigenvalue weighted by atomic mass is 9.79. The summed E-state index contributed by atoms with van der Waals surface area (Å²) in [6.07, 6.45) is 3.65. The third-order valence-electron chi connectivity index (χ3n) is 3.98. The minimum Gasteiger partial charge on any atom is -0.388 e. The van der Waals surface area contributed by atoms with E-state index in [0.717, 1.165) is 31.2 Å². The highest BCUT2D eigenvalue weighted by atomic mass is 35.5. The fraction of sp³-hybridized carbons (Fsp3) is 0.562. The molecule has 0 radical (unpaired) electrons. The van der Waals surface area contributed by atoms with Crippen molar-refractivity contribution < 1.29 is 9.90 Å². The maximum absolute atomic E-state index is 12.1. The fourth-order valence-corrected chi connectivity index (χ4v) is 3.13. The van der Waals surface area contributed by atoms with Crippen LogP contribution in [0.25, 0.3) is 0 Å². The van der Waals surface area contributed by atoms with Crippen LogP contribution in [0.3, 0.4) is 0 Å². The second kappa shape index (κ2) is 6.59. The number of hydrogen-bond donors (Lipinski definition) is 2. The van der Waals surface area contributed by atoms with Gasteiger partial charge in [0.25, 0.3) is 0 Å². The Morgan fingerprint density at radius 3 is 2.85 bits per heavy atom. The molecule has 20 heavy (non-hydrogen) atoms. The van der Waals surface area contributed by atoms with E-state index in [9.17, 15) is 9.90 Å². The number of amides is 1. The molecule has 1 amide bonds. The predicted octanol–water partition coefficient (Wildman–Crippen LogP) is 3.02. The number of rotatable bonds is 4. The van der Waals surface area contributed by atoms with Crippen LogP contribution in [0.2, 0.25) is 0 Å². The Bertz CT molecular complexity index is 451. The van der Waals surface area contributed by atoms with Crippen LogP contribution < -0.4 is 5.32 Å². The first-order chi connectivity index (χ1) is 9.50. The van der Waals surface area contributed by atoms with Crippen LogP contribution in [0.1, 0.15) is 43.5 Å². The summed E-state index contributed by atoms with van der Waals surface area (Å²) in [5, 5.41) is 12.6. The van der Waals surface area contributed by atoms with Crippen LogP contribution in [0, 0.1) is 5.92 Å². The SMILES string of the molecule is CC1CCCC(O)(CNC(=O)C(Cl)c2ccccc2)C1. The third-order valence-corrected chi connectivity index (χ3v) is 4.43. The van der Waals surface area contributed by atoms with Crippen LogP contribution in [0.5, 0.6) is 0 Å². The zero-order valence-electron chi connectivity index (χ0n) is 11.8. The second-order valence-corrected chi connectivity index (χ2v) is 6.35. The first-order valence-corrected chi connectivity index (χ1v) is 7.63. The summed E-state index contributed by atoms with van der Waals surface area (Å²) in [4.78, 5) is 12.1. The lowest BCUT2D eigenvalue weighted by molar-refractivity contribution is -0.122. The van der Waals surface area contributed by atoms with Gasteiger partial charge < -0.3 is 10.4 Å². The molecule has 1 aromatic rings. The smallest absolute Gasteiger partial charge is 0.242 e. The zero-order chi connectivity index (χ0) is 14.6. The largest absolute Gasteiger partial charge is 0.388 e. The quantitative estimate of drug-likeness (QED) is 0.839. The highest BCUT2D eigenvalue weighted by Crippen LogP contribution is 2.31. The molecule has 0 heterocycles. The summed E-state index contributed by atoms with van der Waals surface area (Å²) in [6, 6.07) is 9.25. The van der Waals surface area contributed by atoms with E-state index in [4.69, 9.17) is 11.6 Å². The van der Waals surface area contributed by atoms with Crippen LogP contribution in [-0.2, 0) is 4.79 Å². The van der Waals surface area contributed by atoms with Gasteiger partial charge in [-0.15, -0.1) is 11.6 Å². The number of halogens is 1. The summed E-state index contributed by atoms with van der Waals surface area (Å²) < 4.78 is 0. The molecule has 3 nitrogen and oxygen atoms in total. The van der Waals surface area contributed by atoms with Gasteiger partial charge in [-0.25, -0.2) is 0 Å². The number of hydrogen-bond acceptors (Lipinski definition) is 2. The molecule has 0 aliphatic heterocycles. The minimum atomic E-state index is -0.777. The predicted molar refractivity (Wildman–Crippen MR) is 80.6 cm³/mol. The van der Waals surface area contributed by atoms with Crippen molar-refractivity contribution in [3.63, 3.8) is 0 Å². The van der Waals surface area contributed by atoms with Gasteiger partial charge in [-0.3, -0.25) is 4.79 Å². The number of nitrogens with one attached hydrogen (secondary N) is 1. The number of aliphatic hydroxyl groups is 1. The van der Waals surface area contributed by atoms with Crippen molar-refractivity contribution in [2.75, 3.05) is 6.54 Å². The van der Waals surface area contributed by atoms with E-state index in [2.05, 4.69) is 12.2 Å². The molecule has 1 aliphatic rings. The molecule has 1 fully saturated rings. The van der Waals surface area contributed by atoms with Crippen molar-refractivity contribution in [2.24, 2.45) is 5.92 Å². The zero-order valence-corrected chi connectivity index (χ0v) is 12.6. The van der Waals surface area contributed by atoms with Crippen molar-refractivity contribution in [3.05, 3.63) is 35.9 Å². The van der Waals surface area contributed by atoms with Gasteiger partial charge in [0, 0.05) is 6.54 Å². The lowest BCUT2D eigenvalue weighted by Crippen LogP contribution is -2.46. The second-order valence-electron chi connectivity index (χ2n) is 5.92. The number of alkyl halides is 1. The standard InChI is InChI=1S/C16H22ClNO2/c1-12-6-5-9-16(20,10-12)11-18-15(19)14(17)13-7-3-2-4-8-13/h2-4,7-8,12,14,20H,5-6,9-11H2,1H3,(H,18,19). The van der Waals surface area contributed by atoms with Crippen molar-refractivity contribution >= 4 is 17.5 Å². The number of carbonyl (C=O) groups is 1. The van der Waals surface area contributed by atoms with Gasteiger partial charge in [-0.1, -0.05) is 50.1 Å². The van der Waals surface area contributed by atoms with E-state index in [0.29, 0.717) is 5.92 Å². The van der Waals surface area contributed by atoms with Crippen molar-refractivity contribution in [3.8, 4) is 0 Å². The number of carbonyl (C=O) groups excluding carboxylic acids is 1. The molecule has 0 bridgehead atoms. The summed E-state index contributed by atoms with van der Waals surface area (Å²) in [7, 11) is 0. The van der Waals surface area contributed by atoms with Crippen LogP contribution in [0.15, 0.2) is 30.3 Å². The molecule has 0 aromatic heterocycles. The average molecular weight is 296 g/mol. The Balaban J connectivity index is 1.89. The minimum absolute atomic E-state index is 0.246. The van der Waals surface area contributed by atoms with Gasteiger partial charge in [0.05, 0.1) is 5.60 Å². The number of benzene rings is 1. The monoisotopic (exact) mass is 295 g/mol. The van der Waals surface area contributed by atoms with E-state index in [1.165, 1.54) is 0 Å². The Hall–Kier alpha value is -1.06. The Kier molecular flexibility index (Phi) is 5.06. The first kappa shape index (κ1) is 15.3. The fourth-order valence-electron chi connectivity index (χ4n) is 2.91. The Morgan fingerprint density at radius 2 is 2.20 bits per heavy atom. The summed E-state index contributed by atoms with van der Waals surface area (Å²) in [5.41, 5.74) is -0.00339. The van der Waals surface area contributed by atoms with E-state index in [1.54, 1.807) is 0 Å². The van der Waals surface area contributed by atoms with E-state index in [-0.39, 0.29) is 12.5 Å². The molecule has 3 unspecified atom stereocenters. The molecule has 1 aromatic carbocycles. The van der Waals surface area contributed by atoms with Crippen molar-refractivity contribution in [1.29, 1.82) is 0 Å². The van der Waals surface area contributed by atoms with Crippen LogP contribution in [0.4, 0.5) is 0 Å².